The van der Waals surface area contributed by atoms with Crippen molar-refractivity contribution in [1.29, 1.82) is 0 Å². The molecule has 0 unspecified atom stereocenters. The number of hydrogen-bond donors (Lipinski definition) is 2. The zero-order valence-corrected chi connectivity index (χ0v) is 9.66. The summed E-state index contributed by atoms with van der Waals surface area (Å²) in [6.07, 6.45) is 3.87. The van der Waals surface area contributed by atoms with Gasteiger partial charge in [-0.05, 0) is 24.8 Å². The number of sulfonamides is 1. The van der Waals surface area contributed by atoms with E-state index in [1.807, 2.05) is 0 Å². The number of nitrogens with one attached hydrogen (secondary N) is 2. The minimum atomic E-state index is -3.45. The van der Waals surface area contributed by atoms with Crippen LogP contribution in [0.3, 0.4) is 0 Å². The van der Waals surface area contributed by atoms with Crippen LogP contribution < -0.4 is 4.72 Å². The molecule has 0 aliphatic heterocycles. The summed E-state index contributed by atoms with van der Waals surface area (Å²) in [4.78, 5) is 0. The van der Waals surface area contributed by atoms with Gasteiger partial charge in [-0.25, -0.2) is 13.1 Å². The van der Waals surface area contributed by atoms with E-state index in [-0.39, 0.29) is 11.6 Å². The summed E-state index contributed by atoms with van der Waals surface area (Å²) in [5, 5.41) is 6.07. The smallest absolute Gasteiger partial charge is 0.257 e. The van der Waals surface area contributed by atoms with Gasteiger partial charge in [0, 0.05) is 13.2 Å². The van der Waals surface area contributed by atoms with Gasteiger partial charge in [0.2, 0.25) is 0 Å². The van der Waals surface area contributed by atoms with Crippen molar-refractivity contribution in [2.75, 3.05) is 19.8 Å². The zero-order chi connectivity index (χ0) is 11.4. The van der Waals surface area contributed by atoms with Crippen LogP contribution in [0.1, 0.15) is 12.8 Å². The molecule has 0 bridgehead atoms. The van der Waals surface area contributed by atoms with Crippen molar-refractivity contribution in [2.24, 2.45) is 5.92 Å². The molecule has 0 amide bonds. The van der Waals surface area contributed by atoms with Crippen LogP contribution in [0.4, 0.5) is 0 Å². The molecular weight excluding hydrogens is 230 g/mol. The van der Waals surface area contributed by atoms with Gasteiger partial charge in [0.05, 0.1) is 12.8 Å². The minimum absolute atomic E-state index is 0.0784. The molecule has 0 spiro atoms. The van der Waals surface area contributed by atoms with Crippen molar-refractivity contribution >= 4 is 10.0 Å². The summed E-state index contributed by atoms with van der Waals surface area (Å²) in [6.45, 7) is 1.43. The highest BCUT2D eigenvalue weighted by Gasteiger charge is 2.21. The lowest BCUT2D eigenvalue weighted by molar-refractivity contribution is 0.129. The van der Waals surface area contributed by atoms with Crippen LogP contribution in [0.25, 0.3) is 0 Å². The van der Waals surface area contributed by atoms with Crippen molar-refractivity contribution in [2.45, 2.75) is 17.9 Å². The molecule has 0 aromatic carbocycles. The van der Waals surface area contributed by atoms with Gasteiger partial charge >= 0.3 is 0 Å². The minimum Gasteiger partial charge on any atom is -0.380 e. The second-order valence-corrected chi connectivity index (χ2v) is 5.57. The molecule has 6 nitrogen and oxygen atoms in total. The zero-order valence-electron chi connectivity index (χ0n) is 8.85. The van der Waals surface area contributed by atoms with E-state index < -0.39 is 10.0 Å². The highest BCUT2D eigenvalue weighted by atomic mass is 32.2. The Morgan fingerprint density at radius 2 is 2.38 bits per heavy atom. The summed E-state index contributed by atoms with van der Waals surface area (Å²) in [6, 6.07) is 1.41. The summed E-state index contributed by atoms with van der Waals surface area (Å²) in [5.74, 6) is 0.698. The Morgan fingerprint density at radius 3 is 3.00 bits per heavy atom. The summed E-state index contributed by atoms with van der Waals surface area (Å²) >= 11 is 0. The van der Waals surface area contributed by atoms with Gasteiger partial charge < -0.3 is 4.74 Å². The van der Waals surface area contributed by atoms with E-state index in [0.717, 1.165) is 6.61 Å². The van der Waals surface area contributed by atoms with Crippen LogP contribution in [0, 0.1) is 5.92 Å². The highest BCUT2D eigenvalue weighted by molar-refractivity contribution is 7.89. The van der Waals surface area contributed by atoms with Gasteiger partial charge in [-0.1, -0.05) is 0 Å². The third-order valence-corrected chi connectivity index (χ3v) is 3.74. The Kier molecular flexibility index (Phi) is 3.57. The second kappa shape index (κ2) is 4.94. The van der Waals surface area contributed by atoms with Crippen LogP contribution in [-0.4, -0.2) is 38.4 Å². The number of rotatable bonds is 7. The Morgan fingerprint density at radius 1 is 1.56 bits per heavy atom. The molecule has 1 aromatic rings. The van der Waals surface area contributed by atoms with E-state index >= 15 is 0 Å². The number of ether oxygens (including phenoxy) is 1. The van der Waals surface area contributed by atoms with Crippen molar-refractivity contribution in [3.8, 4) is 0 Å². The van der Waals surface area contributed by atoms with E-state index in [1.54, 1.807) is 0 Å². The predicted molar refractivity (Wildman–Crippen MR) is 57.3 cm³/mol. The van der Waals surface area contributed by atoms with E-state index in [2.05, 4.69) is 14.9 Å². The third kappa shape index (κ3) is 3.29. The monoisotopic (exact) mass is 245 g/mol. The molecule has 7 heteroatoms. The lowest BCUT2D eigenvalue weighted by Crippen LogP contribution is -2.28. The molecule has 1 aliphatic carbocycles. The Balaban J connectivity index is 1.68. The summed E-state index contributed by atoms with van der Waals surface area (Å²) in [5.41, 5.74) is 0. The van der Waals surface area contributed by atoms with E-state index in [4.69, 9.17) is 4.74 Å². The third-order valence-electron chi connectivity index (χ3n) is 2.35. The van der Waals surface area contributed by atoms with Crippen molar-refractivity contribution in [3.63, 3.8) is 0 Å². The summed E-state index contributed by atoms with van der Waals surface area (Å²) < 4.78 is 30.9. The summed E-state index contributed by atoms with van der Waals surface area (Å²) in [7, 11) is -3.45. The van der Waals surface area contributed by atoms with E-state index in [9.17, 15) is 8.42 Å². The van der Waals surface area contributed by atoms with Gasteiger partial charge in [0.15, 0.2) is 5.03 Å². The van der Waals surface area contributed by atoms with Crippen molar-refractivity contribution < 1.29 is 13.2 Å². The largest absolute Gasteiger partial charge is 0.380 e. The number of aromatic amines is 1. The van der Waals surface area contributed by atoms with Crippen LogP contribution in [0.15, 0.2) is 17.3 Å². The fourth-order valence-corrected chi connectivity index (χ4v) is 2.17. The molecule has 2 rings (SSSR count). The predicted octanol–water partition coefficient (Wildman–Crippen LogP) is 0.115. The average molecular weight is 245 g/mol. The molecule has 2 N–H and O–H groups in total. The number of H-pyrrole nitrogens is 1. The lowest BCUT2D eigenvalue weighted by Gasteiger charge is -2.05. The Labute approximate surface area is 94.4 Å². The van der Waals surface area contributed by atoms with E-state index in [0.29, 0.717) is 12.5 Å². The molecule has 1 fully saturated rings. The maximum Gasteiger partial charge on any atom is 0.257 e. The molecule has 1 saturated carbocycles. The van der Waals surface area contributed by atoms with Crippen LogP contribution >= 0.6 is 0 Å². The van der Waals surface area contributed by atoms with Gasteiger partial charge in [0.25, 0.3) is 10.0 Å². The topological polar surface area (TPSA) is 84.1 Å². The van der Waals surface area contributed by atoms with Crippen LogP contribution in [0.2, 0.25) is 0 Å². The van der Waals surface area contributed by atoms with Crippen LogP contribution in [0.5, 0.6) is 0 Å². The molecule has 1 heterocycles. The number of aromatic nitrogens is 2. The van der Waals surface area contributed by atoms with Gasteiger partial charge in [0.1, 0.15) is 0 Å². The normalized spacial score (nSPS) is 16.5. The Hall–Kier alpha value is -0.920. The first kappa shape index (κ1) is 11.6. The molecule has 0 radical (unpaired) electrons. The fraction of sp³-hybridized carbons (Fsp3) is 0.667. The van der Waals surface area contributed by atoms with Crippen LogP contribution in [-0.2, 0) is 14.8 Å². The molecule has 1 aromatic heterocycles. The first-order valence-corrected chi connectivity index (χ1v) is 6.73. The highest BCUT2D eigenvalue weighted by Crippen LogP contribution is 2.28. The first-order chi connectivity index (χ1) is 7.68. The van der Waals surface area contributed by atoms with Gasteiger partial charge in [-0.15, -0.1) is 0 Å². The standard InChI is InChI=1S/C9H15N3O3S/c13-16(14,9-3-4-10-12-9)11-5-6-15-7-8-1-2-8/h3-4,8,11H,1-2,5-7H2,(H,10,12). The average Bonchev–Trinajstić information content (AvgIpc) is 2.89. The molecular formula is C9H15N3O3S. The fourth-order valence-electron chi connectivity index (χ4n) is 1.25. The van der Waals surface area contributed by atoms with Crippen molar-refractivity contribution in [1.82, 2.24) is 14.9 Å². The first-order valence-electron chi connectivity index (χ1n) is 5.25. The van der Waals surface area contributed by atoms with Crippen molar-refractivity contribution in [3.05, 3.63) is 12.3 Å². The number of nitrogens with zero attached hydrogens (tertiary/aromatic N) is 1. The quantitative estimate of drug-likeness (QED) is 0.668. The molecule has 16 heavy (non-hydrogen) atoms. The van der Waals surface area contributed by atoms with Gasteiger partial charge in [-0.3, -0.25) is 5.10 Å². The maximum atomic E-state index is 11.6. The SMILES string of the molecule is O=S(=O)(NCCOCC1CC1)c1ccn[nH]1. The molecule has 1 aliphatic rings. The molecule has 0 saturated heterocycles. The second-order valence-electron chi connectivity index (χ2n) is 3.84. The molecule has 0 atom stereocenters. The lowest BCUT2D eigenvalue weighted by atomic mass is 10.5. The van der Waals surface area contributed by atoms with Gasteiger partial charge in [-0.2, -0.15) is 5.10 Å². The Bertz CT molecular complexity index is 411. The van der Waals surface area contributed by atoms with E-state index in [1.165, 1.54) is 25.1 Å². The maximum absolute atomic E-state index is 11.6. The number of hydrogen-bond acceptors (Lipinski definition) is 4. The molecule has 90 valence electrons.